The third-order valence-electron chi connectivity index (χ3n) is 33.3. The van der Waals surface area contributed by atoms with Gasteiger partial charge in [-0.25, -0.2) is 9.59 Å². The zero-order chi connectivity index (χ0) is 96.6. The number of alkyl halides is 2. The molecule has 15 saturated carbocycles. The maximum Gasteiger partial charge on any atom is 0.376 e. The number of carbonyl (C=O) groups excluding carboxylic acids is 8. The first kappa shape index (κ1) is 106. The van der Waals surface area contributed by atoms with Crippen LogP contribution in [0.1, 0.15) is 338 Å². The van der Waals surface area contributed by atoms with E-state index in [1.54, 1.807) is 13.8 Å². The minimum absolute atomic E-state index is 0.0146. The van der Waals surface area contributed by atoms with Gasteiger partial charge in [0.25, 0.3) is 0 Å². The largest absolute Gasteiger partial charge is 0.463 e. The molecule has 20 nitrogen and oxygen atoms in total. The fourth-order valence-corrected chi connectivity index (χ4v) is 27.1. The van der Waals surface area contributed by atoms with Crippen LogP contribution in [0.3, 0.4) is 0 Å². The van der Waals surface area contributed by atoms with Crippen molar-refractivity contribution in [3.05, 3.63) is 91.0 Å². The number of ether oxygens (including phenoxy) is 10. The molecule has 2 heterocycles. The highest BCUT2D eigenvalue weighted by Gasteiger charge is 2.66. The van der Waals surface area contributed by atoms with Crippen LogP contribution in [-0.2, 0) is 96.6 Å². The summed E-state index contributed by atoms with van der Waals surface area (Å²) in [6.45, 7) is 38.7. The van der Waals surface area contributed by atoms with Crippen LogP contribution in [0.5, 0.6) is 0 Å². The van der Waals surface area contributed by atoms with Crippen LogP contribution in [0.2, 0.25) is 0 Å². The molecule has 15 aliphatic carbocycles. The molecule has 0 spiro atoms. The van der Waals surface area contributed by atoms with Crippen molar-refractivity contribution < 1.29 is 105 Å². The molecular weight excluding hydrogens is 1700 g/mol. The fraction of sp³-hybridized carbons (Fsp3) is 0.761. The van der Waals surface area contributed by atoms with Crippen LogP contribution in [0.25, 0.3) is 0 Å². The molecule has 0 aromatic heterocycles. The van der Waals surface area contributed by atoms with E-state index in [0.717, 1.165) is 134 Å². The van der Waals surface area contributed by atoms with Crippen LogP contribution in [0.15, 0.2) is 106 Å². The summed E-state index contributed by atoms with van der Waals surface area (Å²) in [6, 6.07) is 32.2. The average Bonchev–Trinajstić information content (AvgIpc) is 0.849. The van der Waals surface area contributed by atoms with Crippen LogP contribution in [0, 0.1) is 103 Å². The van der Waals surface area contributed by atoms with E-state index < -0.39 is 69.3 Å². The monoisotopic (exact) mass is 1860 g/mol. The highest BCUT2D eigenvalue weighted by Crippen LogP contribution is 2.67. The van der Waals surface area contributed by atoms with Crippen molar-refractivity contribution in [2.24, 2.45) is 103 Å². The highest BCUT2D eigenvalue weighted by atomic mass is 32.2. The maximum absolute atomic E-state index is 13.3. The Morgan fingerprint density at radius 3 is 1.35 bits per heavy atom. The standard InChI is InChI=1S/C25H40F2O6.C19H32O2.C18H26O6.C18H15S.C16H26O4.C13H24O2/c1-6-22(3,4)20(28)31-8-7-30-17(2)32-15-24-10-18-9-19(11-24)13-25(12-18,14-24)16-33-21(29)23(5,26)27;1-6-18(4,5)17(20)21-19(12(2)3)15-8-13-7-14(10-15)11-16(19)9-13;1-4-18(2,3)17(21)22-9-14(19)24-15-11-5-10-6-12(8-11)16(20)23-13(15)7-10;1-4-10-16(11-5-1)19(17-12-6-2-7-13-17)18-14-8-3-9-15-18;1-4-13(2,3)12(17)20-16-7-11-5-14(18,9-16)8-15(19,6-11)10-16;1-5-12(3,4)11(14)15-13(6-2)9-7-8-10-13/h17-19H,6-16H2,1-5H3;12-16H,6-11H2,1-5H3;10-13,15H,4-9H2,1-3H3;1-15H;11,18-19H,4-10H2,1-3H3;5-10H2,1-4H3/q;;;+1;;. The zero-order valence-electron chi connectivity index (χ0n) is 83.6. The van der Waals surface area contributed by atoms with Crippen molar-refractivity contribution in [3.63, 3.8) is 0 Å². The van der Waals surface area contributed by atoms with Gasteiger partial charge in [-0.15, -0.1) is 0 Å². The van der Waals surface area contributed by atoms with Gasteiger partial charge in [0.1, 0.15) is 35.6 Å². The predicted octanol–water partition coefficient (Wildman–Crippen LogP) is 22.8. The number of esters is 8. The van der Waals surface area contributed by atoms with Crippen LogP contribution < -0.4 is 0 Å². The Balaban J connectivity index is 0.000000155. The summed E-state index contributed by atoms with van der Waals surface area (Å²) >= 11 is 0. The molecule has 3 aromatic carbocycles. The summed E-state index contributed by atoms with van der Waals surface area (Å²) in [5.74, 6) is -1.02. The molecule has 23 heteroatoms. The Morgan fingerprint density at radius 1 is 0.455 bits per heavy atom. The van der Waals surface area contributed by atoms with E-state index in [2.05, 4.69) is 119 Å². The lowest BCUT2D eigenvalue weighted by atomic mass is 9.44. The third-order valence-corrected chi connectivity index (χ3v) is 35.6. The molecule has 738 valence electrons. The number of benzene rings is 3. The number of aliphatic hydroxyl groups is 2. The Bertz CT molecular complexity index is 4200. The number of hydrogen-bond acceptors (Lipinski definition) is 20. The molecule has 20 rings (SSSR count). The van der Waals surface area contributed by atoms with E-state index in [0.29, 0.717) is 81.1 Å². The van der Waals surface area contributed by atoms with Gasteiger partial charge in [-0.3, -0.25) is 28.8 Å². The topological polar surface area (TPSA) is 269 Å². The van der Waals surface area contributed by atoms with Crippen molar-refractivity contribution in [1.82, 2.24) is 0 Å². The van der Waals surface area contributed by atoms with Gasteiger partial charge >= 0.3 is 53.7 Å². The molecule has 0 radical (unpaired) electrons. The fourth-order valence-electron chi connectivity index (χ4n) is 25.0. The molecular formula is C109H163F2O20S+. The van der Waals surface area contributed by atoms with Gasteiger partial charge in [-0.05, 0) is 351 Å². The molecule has 3 aromatic rings. The van der Waals surface area contributed by atoms with Crippen molar-refractivity contribution in [2.45, 2.75) is 405 Å². The Labute approximate surface area is 790 Å². The van der Waals surface area contributed by atoms with Crippen molar-refractivity contribution in [2.75, 3.05) is 33.0 Å². The normalized spacial score (nSPS) is 31.8. The highest BCUT2D eigenvalue weighted by molar-refractivity contribution is 7.97. The third kappa shape index (κ3) is 25.7. The second kappa shape index (κ2) is 42.8. The Kier molecular flexibility index (Phi) is 34.4. The van der Waals surface area contributed by atoms with Crippen LogP contribution in [0.4, 0.5) is 8.78 Å². The summed E-state index contributed by atoms with van der Waals surface area (Å²) in [4.78, 5) is 101. The van der Waals surface area contributed by atoms with Gasteiger partial charge in [0.15, 0.2) is 27.6 Å². The van der Waals surface area contributed by atoms with E-state index in [-0.39, 0.29) is 124 Å². The lowest BCUT2D eigenvalue weighted by Gasteiger charge is -2.62. The SMILES string of the molecule is CCC(C)(C)C(=O)OC1(C(C)C)C2CC3CC(C2)CC1C3.CCC(C)(C)C(=O)OC12CC3CC(O)(CC(O)(C3)C1)C2.CCC(C)(C)C(=O)OCC(=O)OC1C2CC3CC(C2)C(=O)OC1C3.CCC(C)(C)C(=O)OCCOC(C)OCC12CC3CC(CC(COC(=O)C(C)(F)F)(C3)C1)C2.CCC1(OC(=O)C(C)(C)CC)CCCC1.c1ccc([S+](c2ccccc2)c2ccccc2)cc1. The van der Waals surface area contributed by atoms with E-state index >= 15 is 0 Å². The smallest absolute Gasteiger partial charge is 0.376 e. The molecule has 2 saturated heterocycles. The number of fused-ring (bicyclic) bond motifs is 1. The van der Waals surface area contributed by atoms with E-state index in [9.17, 15) is 57.4 Å². The van der Waals surface area contributed by atoms with Crippen molar-refractivity contribution >= 4 is 58.6 Å². The quantitative estimate of drug-likeness (QED) is 0.0199. The second-order valence-corrected chi connectivity index (χ2v) is 48.4. The summed E-state index contributed by atoms with van der Waals surface area (Å²) in [6.07, 6.45) is 27.7. The van der Waals surface area contributed by atoms with Gasteiger partial charge in [-0.1, -0.05) is 110 Å². The summed E-state index contributed by atoms with van der Waals surface area (Å²) < 4.78 is 82.9. The molecule has 10 atom stereocenters. The van der Waals surface area contributed by atoms with E-state index in [1.807, 2.05) is 90.0 Å². The van der Waals surface area contributed by atoms with Crippen molar-refractivity contribution in [3.8, 4) is 0 Å². The van der Waals surface area contributed by atoms with Crippen molar-refractivity contribution in [1.29, 1.82) is 0 Å². The molecule has 10 unspecified atom stereocenters. The van der Waals surface area contributed by atoms with E-state index in [4.69, 9.17) is 47.4 Å². The second-order valence-electron chi connectivity index (χ2n) is 46.4. The Morgan fingerprint density at radius 2 is 0.894 bits per heavy atom. The molecule has 16 bridgehead atoms. The number of hydrogen-bond donors (Lipinski definition) is 2. The zero-order valence-corrected chi connectivity index (χ0v) is 84.4. The maximum atomic E-state index is 13.3. The van der Waals surface area contributed by atoms with Gasteiger partial charge in [-0.2, -0.15) is 8.78 Å². The molecule has 132 heavy (non-hydrogen) atoms. The van der Waals surface area contributed by atoms with Gasteiger partial charge in [0, 0.05) is 37.5 Å². The predicted molar refractivity (Wildman–Crippen MR) is 503 cm³/mol. The minimum atomic E-state index is -3.46. The summed E-state index contributed by atoms with van der Waals surface area (Å²) in [5.41, 5.74) is -5.19. The molecule has 17 aliphatic rings. The number of carbonyl (C=O) groups is 8. The summed E-state index contributed by atoms with van der Waals surface area (Å²) in [5, 5.41) is 21.3. The lowest BCUT2D eigenvalue weighted by molar-refractivity contribution is -0.264. The molecule has 0 amide bonds. The first-order chi connectivity index (χ1) is 61.9. The number of rotatable bonds is 31. The first-order valence-electron chi connectivity index (χ1n) is 50.4. The summed E-state index contributed by atoms with van der Waals surface area (Å²) in [7, 11) is -0.0146. The van der Waals surface area contributed by atoms with Crippen LogP contribution in [-0.4, -0.2) is 143 Å². The van der Waals surface area contributed by atoms with Gasteiger partial charge < -0.3 is 57.6 Å². The van der Waals surface area contributed by atoms with Gasteiger partial charge in [0.2, 0.25) is 0 Å². The van der Waals surface area contributed by atoms with Crippen LogP contribution >= 0.6 is 0 Å². The lowest BCUT2D eigenvalue weighted by Crippen LogP contribution is -2.67. The Hall–Kier alpha value is -6.53. The van der Waals surface area contributed by atoms with Gasteiger partial charge in [0.05, 0.1) is 74.9 Å². The molecule has 17 fully saturated rings. The molecule has 2 N–H and O–H groups in total. The average molecular weight is 1860 g/mol. The van der Waals surface area contributed by atoms with E-state index in [1.165, 1.54) is 59.6 Å². The first-order valence-corrected chi connectivity index (χ1v) is 51.7. The minimum Gasteiger partial charge on any atom is -0.463 e. The number of halogens is 2. The molecule has 2 aliphatic heterocycles.